The van der Waals surface area contributed by atoms with Gasteiger partial charge in [-0.3, -0.25) is 14.5 Å². The van der Waals surface area contributed by atoms with E-state index in [9.17, 15) is 9.59 Å². The number of hydrogen-bond donors (Lipinski definition) is 0. The van der Waals surface area contributed by atoms with Crippen molar-refractivity contribution in [3.05, 3.63) is 90.0 Å². The summed E-state index contributed by atoms with van der Waals surface area (Å²) in [7, 11) is 2.02. The molecule has 1 aliphatic rings. The predicted octanol–water partition coefficient (Wildman–Crippen LogP) is 5.43. The van der Waals surface area contributed by atoms with E-state index < -0.39 is 0 Å². The Bertz CT molecular complexity index is 1250. The van der Waals surface area contributed by atoms with Crippen molar-refractivity contribution in [1.29, 1.82) is 0 Å². The molecule has 160 valence electrons. The van der Waals surface area contributed by atoms with Crippen LogP contribution in [0.1, 0.15) is 52.8 Å². The molecule has 2 amide bonds. The molecule has 5 rings (SSSR count). The van der Waals surface area contributed by atoms with Crippen LogP contribution in [0.25, 0.3) is 21.8 Å². The van der Waals surface area contributed by atoms with Crippen molar-refractivity contribution in [1.82, 2.24) is 4.90 Å². The maximum absolute atomic E-state index is 14.3. The number of para-hydroxylation sites is 2. The van der Waals surface area contributed by atoms with Gasteiger partial charge in [-0.25, -0.2) is 0 Å². The number of fused-ring (bicyclic) bond motifs is 2. The van der Waals surface area contributed by atoms with E-state index >= 15 is 0 Å². The van der Waals surface area contributed by atoms with Crippen LogP contribution in [0.3, 0.4) is 0 Å². The number of hydrogen-bond acceptors (Lipinski definition) is 2. The first kappa shape index (κ1) is 20.4. The highest BCUT2D eigenvalue weighted by Gasteiger charge is 2.35. The highest BCUT2D eigenvalue weighted by atomic mass is 16.2. The van der Waals surface area contributed by atoms with Gasteiger partial charge in [0.25, 0.3) is 11.8 Å². The van der Waals surface area contributed by atoms with E-state index in [-0.39, 0.29) is 17.9 Å². The third-order valence-electron chi connectivity index (χ3n) is 6.68. The summed E-state index contributed by atoms with van der Waals surface area (Å²) in [5, 5.41) is 1.75. The number of nitrogens with zero attached hydrogens (tertiary/aromatic N) is 2. The van der Waals surface area contributed by atoms with Gasteiger partial charge in [-0.15, -0.1) is 0 Å². The second kappa shape index (κ2) is 8.54. The van der Waals surface area contributed by atoms with Crippen LogP contribution < -0.4 is 4.57 Å². The van der Waals surface area contributed by atoms with Gasteiger partial charge in [0.1, 0.15) is 7.05 Å². The second-order valence-electron chi connectivity index (χ2n) is 8.61. The Labute approximate surface area is 188 Å². The number of carbonyl (C=O) groups excluding carboxylic acids is 2. The van der Waals surface area contributed by atoms with Gasteiger partial charge < -0.3 is 0 Å². The van der Waals surface area contributed by atoms with E-state index in [0.29, 0.717) is 11.1 Å². The molecule has 0 spiro atoms. The van der Waals surface area contributed by atoms with Crippen molar-refractivity contribution in [2.45, 2.75) is 38.1 Å². The van der Waals surface area contributed by atoms with Gasteiger partial charge in [-0.05, 0) is 37.1 Å². The number of benzene rings is 3. The minimum Gasteiger partial charge on any atom is -0.271 e. The van der Waals surface area contributed by atoms with Crippen LogP contribution in [0, 0.1) is 0 Å². The van der Waals surface area contributed by atoms with Crippen LogP contribution in [0.2, 0.25) is 0 Å². The lowest BCUT2D eigenvalue weighted by molar-refractivity contribution is -0.617. The van der Waals surface area contributed by atoms with Crippen LogP contribution in [-0.2, 0) is 7.05 Å². The summed E-state index contributed by atoms with van der Waals surface area (Å²) in [5.74, 6) is -0.400. The highest BCUT2D eigenvalue weighted by molar-refractivity contribution is 6.20. The van der Waals surface area contributed by atoms with E-state index in [0.717, 1.165) is 53.9 Å². The Kier molecular flexibility index (Phi) is 5.44. The van der Waals surface area contributed by atoms with Gasteiger partial charge in [-0.1, -0.05) is 61.7 Å². The predicted molar refractivity (Wildman–Crippen MR) is 126 cm³/mol. The van der Waals surface area contributed by atoms with Crippen LogP contribution in [-0.4, -0.2) is 22.8 Å². The molecule has 4 heteroatoms. The molecule has 4 nitrogen and oxygen atoms in total. The van der Waals surface area contributed by atoms with Crippen LogP contribution >= 0.6 is 0 Å². The number of rotatable bonds is 3. The van der Waals surface area contributed by atoms with Crippen molar-refractivity contribution < 1.29 is 14.2 Å². The first-order chi connectivity index (χ1) is 15.7. The smallest absolute Gasteiger partial charge is 0.262 e. The van der Waals surface area contributed by atoms with E-state index in [4.69, 9.17) is 0 Å². The lowest BCUT2D eigenvalue weighted by Gasteiger charge is -2.33. The first-order valence-corrected chi connectivity index (χ1v) is 11.4. The Morgan fingerprint density at radius 3 is 1.84 bits per heavy atom. The maximum Gasteiger partial charge on any atom is 0.262 e. The SMILES string of the molecule is C[n+]1c2ccccc2c(C(=O)N(C(=O)c2ccccc2)C2CCCCC2)c2ccccc21. The summed E-state index contributed by atoms with van der Waals surface area (Å²) in [4.78, 5) is 29.6. The summed E-state index contributed by atoms with van der Waals surface area (Å²) >= 11 is 0. The maximum atomic E-state index is 14.3. The average molecular weight is 424 g/mol. The first-order valence-electron chi connectivity index (χ1n) is 11.4. The molecule has 0 aliphatic heterocycles. The fourth-order valence-electron chi connectivity index (χ4n) is 5.06. The molecule has 32 heavy (non-hydrogen) atoms. The molecule has 4 aromatic rings. The molecule has 3 aromatic carbocycles. The number of aromatic nitrogens is 1. The monoisotopic (exact) mass is 423 g/mol. The summed E-state index contributed by atoms with van der Waals surface area (Å²) in [6.45, 7) is 0. The molecule has 0 unspecified atom stereocenters. The molecule has 1 heterocycles. The van der Waals surface area contributed by atoms with Gasteiger partial charge in [0.2, 0.25) is 11.0 Å². The molecule has 0 saturated heterocycles. The zero-order valence-corrected chi connectivity index (χ0v) is 18.3. The lowest BCUT2D eigenvalue weighted by atomic mass is 9.92. The third-order valence-corrected chi connectivity index (χ3v) is 6.68. The van der Waals surface area contributed by atoms with Crippen molar-refractivity contribution in [2.24, 2.45) is 7.05 Å². The lowest BCUT2D eigenvalue weighted by Crippen LogP contribution is -2.46. The highest BCUT2D eigenvalue weighted by Crippen LogP contribution is 2.30. The van der Waals surface area contributed by atoms with Crippen LogP contribution in [0.4, 0.5) is 0 Å². The summed E-state index contributed by atoms with van der Waals surface area (Å²) in [6.07, 6.45) is 4.97. The Morgan fingerprint density at radius 1 is 0.719 bits per heavy atom. The van der Waals surface area contributed by atoms with E-state index in [1.807, 2.05) is 73.8 Å². The minimum atomic E-state index is -0.205. The molecular formula is C28H27N2O2+. The topological polar surface area (TPSA) is 41.3 Å². The van der Waals surface area contributed by atoms with Crippen molar-refractivity contribution >= 4 is 33.6 Å². The van der Waals surface area contributed by atoms with Crippen molar-refractivity contribution in [2.75, 3.05) is 0 Å². The van der Waals surface area contributed by atoms with Gasteiger partial charge in [0, 0.05) is 23.7 Å². The van der Waals surface area contributed by atoms with Gasteiger partial charge >= 0.3 is 0 Å². The number of imide groups is 1. The molecule has 1 aliphatic carbocycles. The number of pyridine rings is 1. The van der Waals surface area contributed by atoms with Gasteiger partial charge in [0.15, 0.2) is 0 Å². The van der Waals surface area contributed by atoms with Crippen LogP contribution in [0.15, 0.2) is 78.9 Å². The molecule has 1 saturated carbocycles. The normalized spacial score (nSPS) is 14.5. The molecule has 0 bridgehead atoms. The van der Waals surface area contributed by atoms with E-state index in [1.165, 1.54) is 0 Å². The van der Waals surface area contributed by atoms with Crippen molar-refractivity contribution in [3.63, 3.8) is 0 Å². The van der Waals surface area contributed by atoms with Gasteiger partial charge in [-0.2, -0.15) is 4.57 Å². The fourth-order valence-corrected chi connectivity index (χ4v) is 5.06. The van der Waals surface area contributed by atoms with E-state index in [2.05, 4.69) is 4.57 Å². The molecule has 0 radical (unpaired) electrons. The second-order valence-corrected chi connectivity index (χ2v) is 8.61. The molecule has 0 N–H and O–H groups in total. The van der Waals surface area contributed by atoms with E-state index in [1.54, 1.807) is 17.0 Å². The zero-order chi connectivity index (χ0) is 22.1. The number of aryl methyl sites for hydroxylation is 1. The van der Waals surface area contributed by atoms with Crippen LogP contribution in [0.5, 0.6) is 0 Å². The summed E-state index contributed by atoms with van der Waals surface area (Å²) in [5.41, 5.74) is 3.13. The third kappa shape index (κ3) is 3.46. The number of amides is 2. The standard InChI is InChI=1S/C28H27N2O2/c1-29-24-18-10-8-16-22(24)26(23-17-9-11-19-25(23)29)28(32)30(21-14-6-3-7-15-21)27(31)20-12-4-2-5-13-20/h2,4-5,8-13,16-19,21H,3,6-7,14-15H2,1H3/q+1. The Balaban J connectivity index is 1.73. The van der Waals surface area contributed by atoms with Crippen molar-refractivity contribution in [3.8, 4) is 0 Å². The van der Waals surface area contributed by atoms with Gasteiger partial charge in [0.05, 0.1) is 16.3 Å². The fraction of sp³-hybridized carbons (Fsp3) is 0.250. The summed E-state index contributed by atoms with van der Waals surface area (Å²) in [6, 6.07) is 25.0. The molecule has 1 aromatic heterocycles. The Hall–Kier alpha value is -3.53. The average Bonchev–Trinajstić information content (AvgIpc) is 2.85. The minimum absolute atomic E-state index is 0.0737. The quantitative estimate of drug-likeness (QED) is 0.250. The molecule has 0 atom stereocenters. The largest absolute Gasteiger partial charge is 0.271 e. The summed E-state index contributed by atoms with van der Waals surface area (Å²) < 4.78 is 2.12. The molecule has 1 fully saturated rings. The number of carbonyl (C=O) groups is 2. The zero-order valence-electron chi connectivity index (χ0n) is 18.3. The molecular weight excluding hydrogens is 396 g/mol. The Morgan fingerprint density at radius 2 is 1.25 bits per heavy atom.